The monoisotopic (exact) mass is 229 g/mol. The third-order valence-electron chi connectivity index (χ3n) is 2.31. The van der Waals surface area contributed by atoms with E-state index in [2.05, 4.69) is 0 Å². The number of alkyl halides is 1. The van der Waals surface area contributed by atoms with Crippen molar-refractivity contribution in [3.63, 3.8) is 0 Å². The summed E-state index contributed by atoms with van der Waals surface area (Å²) in [5.41, 5.74) is 0. The van der Waals surface area contributed by atoms with Crippen molar-refractivity contribution in [1.29, 1.82) is 0 Å². The van der Waals surface area contributed by atoms with Crippen LogP contribution in [0.15, 0.2) is 17.5 Å². The highest BCUT2D eigenvalue weighted by Crippen LogP contribution is 2.28. The van der Waals surface area contributed by atoms with E-state index >= 15 is 0 Å². The van der Waals surface area contributed by atoms with E-state index in [-0.39, 0.29) is 5.91 Å². The lowest BCUT2D eigenvalue weighted by Crippen LogP contribution is -2.34. The smallest absolute Gasteiger partial charge is 0.264 e. The Morgan fingerprint density at radius 2 is 2.43 bits per heavy atom. The first kappa shape index (κ1) is 9.99. The third-order valence-corrected chi connectivity index (χ3v) is 3.33. The van der Waals surface area contributed by atoms with E-state index in [9.17, 15) is 4.79 Å². The van der Waals surface area contributed by atoms with Crippen molar-refractivity contribution < 1.29 is 4.79 Å². The van der Waals surface area contributed by atoms with Gasteiger partial charge in [0.1, 0.15) is 0 Å². The number of thiophene rings is 1. The van der Waals surface area contributed by atoms with Crippen LogP contribution in [0.5, 0.6) is 0 Å². The Morgan fingerprint density at radius 1 is 1.64 bits per heavy atom. The fourth-order valence-electron chi connectivity index (χ4n) is 1.47. The number of hydrogen-bond donors (Lipinski definition) is 0. The molecule has 0 aromatic carbocycles. The molecule has 1 aromatic rings. The summed E-state index contributed by atoms with van der Waals surface area (Å²) in [4.78, 5) is 14.7. The first-order valence-electron chi connectivity index (χ1n) is 4.73. The van der Waals surface area contributed by atoms with Gasteiger partial charge in [-0.1, -0.05) is 6.07 Å². The van der Waals surface area contributed by atoms with E-state index in [0.717, 1.165) is 17.7 Å². The molecule has 4 heteroatoms. The number of rotatable bonds is 4. The molecule has 1 aliphatic rings. The quantitative estimate of drug-likeness (QED) is 0.727. The fourth-order valence-corrected chi connectivity index (χ4v) is 2.33. The Labute approximate surface area is 92.5 Å². The first-order valence-corrected chi connectivity index (χ1v) is 6.15. The van der Waals surface area contributed by atoms with Crippen LogP contribution < -0.4 is 0 Å². The number of carbonyl (C=O) groups excluding carboxylic acids is 1. The van der Waals surface area contributed by atoms with Crippen LogP contribution >= 0.6 is 22.9 Å². The van der Waals surface area contributed by atoms with Gasteiger partial charge in [-0.2, -0.15) is 0 Å². The van der Waals surface area contributed by atoms with Gasteiger partial charge in [0.05, 0.1) is 4.88 Å². The van der Waals surface area contributed by atoms with Crippen molar-refractivity contribution in [2.24, 2.45) is 0 Å². The zero-order valence-electron chi connectivity index (χ0n) is 7.78. The maximum atomic E-state index is 12.0. The van der Waals surface area contributed by atoms with E-state index in [1.54, 1.807) is 0 Å². The standard InChI is InChI=1S/C10H12ClNOS/c11-5-6-12(8-3-4-8)10(13)9-2-1-7-14-9/h1-2,7-8H,3-6H2. The molecule has 0 unspecified atom stereocenters. The van der Waals surface area contributed by atoms with Crippen LogP contribution in [0.4, 0.5) is 0 Å². The summed E-state index contributed by atoms with van der Waals surface area (Å²) in [5, 5.41) is 1.93. The van der Waals surface area contributed by atoms with Crippen molar-refractivity contribution >= 4 is 28.8 Å². The lowest BCUT2D eigenvalue weighted by Gasteiger charge is -2.20. The van der Waals surface area contributed by atoms with Gasteiger partial charge >= 0.3 is 0 Å². The zero-order chi connectivity index (χ0) is 9.97. The minimum Gasteiger partial charge on any atom is -0.334 e. The molecule has 1 saturated carbocycles. The van der Waals surface area contributed by atoms with Crippen LogP contribution in [0.1, 0.15) is 22.5 Å². The highest BCUT2D eigenvalue weighted by Gasteiger charge is 2.32. The summed E-state index contributed by atoms with van der Waals surface area (Å²) in [5.74, 6) is 0.663. The normalized spacial score (nSPS) is 15.5. The maximum absolute atomic E-state index is 12.0. The molecule has 0 saturated heterocycles. The highest BCUT2D eigenvalue weighted by molar-refractivity contribution is 7.12. The Kier molecular flexibility index (Phi) is 3.08. The average Bonchev–Trinajstić information content (AvgIpc) is 2.88. The van der Waals surface area contributed by atoms with Crippen molar-refractivity contribution in [3.8, 4) is 0 Å². The van der Waals surface area contributed by atoms with Crippen LogP contribution in [0, 0.1) is 0 Å². The molecule has 76 valence electrons. The molecule has 14 heavy (non-hydrogen) atoms. The van der Waals surface area contributed by atoms with Crippen molar-refractivity contribution in [2.75, 3.05) is 12.4 Å². The Balaban J connectivity index is 2.07. The molecule has 0 radical (unpaired) electrons. The van der Waals surface area contributed by atoms with E-state index in [1.165, 1.54) is 11.3 Å². The number of halogens is 1. The van der Waals surface area contributed by atoms with Gasteiger partial charge in [-0.25, -0.2) is 0 Å². The van der Waals surface area contributed by atoms with Gasteiger partial charge in [0.25, 0.3) is 5.91 Å². The SMILES string of the molecule is O=C(c1cccs1)N(CCCl)C1CC1. The Bertz CT molecular complexity index is 308. The molecule has 1 fully saturated rings. The maximum Gasteiger partial charge on any atom is 0.264 e. The largest absolute Gasteiger partial charge is 0.334 e. The van der Waals surface area contributed by atoms with Gasteiger partial charge < -0.3 is 4.90 Å². The molecule has 0 N–H and O–H groups in total. The van der Waals surface area contributed by atoms with Crippen molar-refractivity contribution in [3.05, 3.63) is 22.4 Å². The van der Waals surface area contributed by atoms with Gasteiger partial charge in [-0.3, -0.25) is 4.79 Å². The molecular formula is C10H12ClNOS. The molecule has 0 aliphatic heterocycles. The van der Waals surface area contributed by atoms with E-state index < -0.39 is 0 Å². The van der Waals surface area contributed by atoms with Gasteiger partial charge in [0, 0.05) is 18.5 Å². The molecule has 1 heterocycles. The van der Waals surface area contributed by atoms with E-state index in [1.807, 2.05) is 22.4 Å². The third kappa shape index (κ3) is 2.10. The molecule has 1 amide bonds. The second-order valence-corrected chi connectivity index (χ2v) is 4.72. The minimum atomic E-state index is 0.142. The van der Waals surface area contributed by atoms with Gasteiger partial charge in [-0.15, -0.1) is 22.9 Å². The van der Waals surface area contributed by atoms with Crippen molar-refractivity contribution in [2.45, 2.75) is 18.9 Å². The van der Waals surface area contributed by atoms with Gasteiger partial charge in [0.2, 0.25) is 0 Å². The van der Waals surface area contributed by atoms with Crippen LogP contribution in [-0.4, -0.2) is 29.3 Å². The topological polar surface area (TPSA) is 20.3 Å². The summed E-state index contributed by atoms with van der Waals surface area (Å²) in [6.07, 6.45) is 2.27. The predicted octanol–water partition coefficient (Wildman–Crippen LogP) is 2.59. The summed E-state index contributed by atoms with van der Waals surface area (Å²) < 4.78 is 0. The summed E-state index contributed by atoms with van der Waals surface area (Å²) in [6.45, 7) is 0.670. The first-order chi connectivity index (χ1) is 6.83. The molecule has 0 spiro atoms. The number of amides is 1. The predicted molar refractivity (Wildman–Crippen MR) is 59.1 cm³/mol. The number of carbonyl (C=O) groups is 1. The van der Waals surface area contributed by atoms with Crippen molar-refractivity contribution in [1.82, 2.24) is 4.90 Å². The molecule has 2 nitrogen and oxygen atoms in total. The summed E-state index contributed by atoms with van der Waals surface area (Å²) >= 11 is 7.18. The van der Waals surface area contributed by atoms with Crippen LogP contribution in [0.2, 0.25) is 0 Å². The fraction of sp³-hybridized carbons (Fsp3) is 0.500. The molecule has 2 rings (SSSR count). The Morgan fingerprint density at radius 3 is 2.93 bits per heavy atom. The minimum absolute atomic E-state index is 0.142. The lowest BCUT2D eigenvalue weighted by molar-refractivity contribution is 0.0758. The molecule has 1 aliphatic carbocycles. The number of nitrogens with zero attached hydrogens (tertiary/aromatic N) is 1. The van der Waals surface area contributed by atoms with Crippen LogP contribution in [0.3, 0.4) is 0 Å². The lowest BCUT2D eigenvalue weighted by atomic mass is 10.4. The zero-order valence-corrected chi connectivity index (χ0v) is 9.35. The Hall–Kier alpha value is -0.540. The van der Waals surface area contributed by atoms with Gasteiger partial charge in [0.15, 0.2) is 0 Å². The molecule has 1 aromatic heterocycles. The number of hydrogen-bond acceptors (Lipinski definition) is 2. The van der Waals surface area contributed by atoms with E-state index in [4.69, 9.17) is 11.6 Å². The van der Waals surface area contributed by atoms with E-state index in [0.29, 0.717) is 18.5 Å². The molecule has 0 bridgehead atoms. The summed E-state index contributed by atoms with van der Waals surface area (Å²) in [7, 11) is 0. The highest BCUT2D eigenvalue weighted by atomic mass is 35.5. The molecule has 0 atom stereocenters. The average molecular weight is 230 g/mol. The van der Waals surface area contributed by atoms with Crippen LogP contribution in [0.25, 0.3) is 0 Å². The van der Waals surface area contributed by atoms with Gasteiger partial charge in [-0.05, 0) is 24.3 Å². The molecular weight excluding hydrogens is 218 g/mol. The van der Waals surface area contributed by atoms with Crippen LogP contribution in [-0.2, 0) is 0 Å². The second kappa shape index (κ2) is 4.32. The second-order valence-electron chi connectivity index (χ2n) is 3.40. The summed E-state index contributed by atoms with van der Waals surface area (Å²) in [6, 6.07) is 4.23.